The van der Waals surface area contributed by atoms with Gasteiger partial charge in [-0.3, -0.25) is 9.59 Å². The van der Waals surface area contributed by atoms with E-state index in [1.54, 1.807) is 18.2 Å². The molecule has 0 saturated heterocycles. The molecule has 0 saturated carbocycles. The van der Waals surface area contributed by atoms with Gasteiger partial charge in [0.05, 0.1) is 11.3 Å². The Morgan fingerprint density at radius 2 is 1.67 bits per heavy atom. The first-order chi connectivity index (χ1) is 14.3. The molecule has 0 aliphatic carbocycles. The molecular formula is C23H23NO5S. The number of hydrogen-bond acceptors (Lipinski definition) is 5. The largest absolute Gasteiger partial charge is 0.457 e. The Bertz CT molecular complexity index is 1200. The smallest absolute Gasteiger partial charge is 0.307 e. The molecule has 7 heteroatoms. The number of rotatable bonds is 8. The van der Waals surface area contributed by atoms with Gasteiger partial charge in [-0.15, -0.1) is 0 Å². The van der Waals surface area contributed by atoms with Gasteiger partial charge in [-0.2, -0.15) is 0 Å². The quantitative estimate of drug-likeness (QED) is 0.440. The molecule has 0 fully saturated rings. The highest BCUT2D eigenvalue weighted by Gasteiger charge is 2.16. The van der Waals surface area contributed by atoms with E-state index in [2.05, 4.69) is 4.72 Å². The van der Waals surface area contributed by atoms with Gasteiger partial charge in [-0.1, -0.05) is 48.0 Å². The van der Waals surface area contributed by atoms with Crippen LogP contribution in [0.3, 0.4) is 0 Å². The molecular weight excluding hydrogens is 402 g/mol. The third kappa shape index (κ3) is 5.31. The van der Waals surface area contributed by atoms with E-state index in [-0.39, 0.29) is 30.3 Å². The number of esters is 1. The van der Waals surface area contributed by atoms with E-state index in [1.165, 1.54) is 6.07 Å². The summed E-state index contributed by atoms with van der Waals surface area (Å²) in [5.74, 6) is -0.934. The molecule has 0 spiro atoms. The first-order valence-corrected chi connectivity index (χ1v) is 11.0. The first kappa shape index (κ1) is 21.7. The Morgan fingerprint density at radius 3 is 2.43 bits per heavy atom. The molecule has 1 N–H and O–H groups in total. The van der Waals surface area contributed by atoms with Crippen LogP contribution in [0.2, 0.25) is 0 Å². The molecule has 30 heavy (non-hydrogen) atoms. The summed E-state index contributed by atoms with van der Waals surface area (Å²) in [5.41, 5.74) is 2.27. The number of carbonyl (C=O) groups excluding carboxylic acids is 2. The average molecular weight is 426 g/mol. The van der Waals surface area contributed by atoms with Crippen molar-refractivity contribution in [2.75, 3.05) is 13.2 Å². The zero-order valence-electron chi connectivity index (χ0n) is 16.8. The summed E-state index contributed by atoms with van der Waals surface area (Å²) in [5, 5.41) is 1.75. The lowest BCUT2D eigenvalue weighted by molar-refractivity contribution is -0.142. The van der Waals surface area contributed by atoms with Crippen molar-refractivity contribution in [3.05, 3.63) is 77.4 Å². The van der Waals surface area contributed by atoms with Gasteiger partial charge in [0.1, 0.15) is 0 Å². The molecule has 3 aromatic rings. The van der Waals surface area contributed by atoms with Crippen molar-refractivity contribution in [2.45, 2.75) is 25.2 Å². The monoisotopic (exact) mass is 425 g/mol. The highest BCUT2D eigenvalue weighted by Crippen LogP contribution is 2.18. The van der Waals surface area contributed by atoms with Crippen LogP contribution < -0.4 is 4.72 Å². The van der Waals surface area contributed by atoms with Crippen molar-refractivity contribution in [3.63, 3.8) is 0 Å². The van der Waals surface area contributed by atoms with Gasteiger partial charge in [0.25, 0.3) is 0 Å². The molecule has 6 nitrogen and oxygen atoms in total. The molecule has 0 bridgehead atoms. The summed E-state index contributed by atoms with van der Waals surface area (Å²) in [6, 6.07) is 17.8. The van der Waals surface area contributed by atoms with E-state index in [4.69, 9.17) is 4.74 Å². The molecule has 3 aromatic carbocycles. The van der Waals surface area contributed by atoms with Gasteiger partial charge in [0.2, 0.25) is 15.8 Å². The summed E-state index contributed by atoms with van der Waals surface area (Å²) in [7, 11) is -3.76. The number of aryl methyl sites for hydroxylation is 2. The van der Waals surface area contributed by atoms with E-state index in [0.717, 1.165) is 21.9 Å². The van der Waals surface area contributed by atoms with E-state index < -0.39 is 16.0 Å². The average Bonchev–Trinajstić information content (AvgIpc) is 2.73. The second-order valence-corrected chi connectivity index (χ2v) is 8.83. The molecule has 0 aliphatic heterocycles. The molecule has 156 valence electrons. The number of hydrogen-bond donors (Lipinski definition) is 1. The fourth-order valence-electron chi connectivity index (χ4n) is 3.04. The number of ketones is 1. The topological polar surface area (TPSA) is 89.5 Å². The normalized spacial score (nSPS) is 11.4. The molecule has 0 radical (unpaired) electrons. The Hall–Kier alpha value is -3.03. The van der Waals surface area contributed by atoms with Crippen LogP contribution >= 0.6 is 0 Å². The Labute approximate surface area is 175 Å². The number of nitrogens with one attached hydrogen (secondary N) is 1. The highest BCUT2D eigenvalue weighted by atomic mass is 32.2. The lowest BCUT2D eigenvalue weighted by Crippen LogP contribution is -2.27. The molecule has 3 rings (SSSR count). The van der Waals surface area contributed by atoms with Crippen LogP contribution in [-0.4, -0.2) is 33.3 Å². The molecule has 0 aromatic heterocycles. The standard InChI is InChI=1S/C23H23NO5S/c1-16-7-8-17(2)21(13-16)22(25)15-29-23(26)11-12-24-30(27,28)20-10-9-18-5-3-4-6-19(18)14-20/h3-10,13-14,24H,11-12,15H2,1-2H3. The van der Waals surface area contributed by atoms with Crippen molar-refractivity contribution in [1.82, 2.24) is 4.72 Å². The van der Waals surface area contributed by atoms with E-state index in [1.807, 2.05) is 50.2 Å². The number of Topliss-reactive ketones (excluding diaryl/α,β-unsaturated/α-hetero) is 1. The number of fused-ring (bicyclic) bond motifs is 1. The van der Waals surface area contributed by atoms with E-state index in [0.29, 0.717) is 5.56 Å². The van der Waals surface area contributed by atoms with Gasteiger partial charge < -0.3 is 4.74 Å². The molecule has 0 heterocycles. The minimum Gasteiger partial charge on any atom is -0.457 e. The number of benzene rings is 3. The van der Waals surface area contributed by atoms with Crippen LogP contribution in [0.15, 0.2) is 65.6 Å². The maximum Gasteiger partial charge on any atom is 0.307 e. The molecule has 0 atom stereocenters. The van der Waals surface area contributed by atoms with Crippen LogP contribution in [0.4, 0.5) is 0 Å². The van der Waals surface area contributed by atoms with Crippen molar-refractivity contribution in [2.24, 2.45) is 0 Å². The minimum atomic E-state index is -3.76. The summed E-state index contributed by atoms with van der Waals surface area (Å²) >= 11 is 0. The van der Waals surface area contributed by atoms with Crippen LogP contribution in [0.5, 0.6) is 0 Å². The third-order valence-electron chi connectivity index (χ3n) is 4.71. The predicted octanol–water partition coefficient (Wildman–Crippen LogP) is 3.55. The second kappa shape index (κ2) is 9.19. The number of sulfonamides is 1. The zero-order chi connectivity index (χ0) is 21.7. The van der Waals surface area contributed by atoms with E-state index in [9.17, 15) is 18.0 Å². The molecule has 0 amide bonds. The van der Waals surface area contributed by atoms with Crippen molar-refractivity contribution in [3.8, 4) is 0 Å². The van der Waals surface area contributed by atoms with Gasteiger partial charge in [-0.25, -0.2) is 13.1 Å². The Balaban J connectivity index is 1.51. The lowest BCUT2D eigenvalue weighted by atomic mass is 10.0. The maximum absolute atomic E-state index is 12.5. The maximum atomic E-state index is 12.5. The summed E-state index contributed by atoms with van der Waals surface area (Å²) < 4.78 is 32.3. The van der Waals surface area contributed by atoms with Crippen LogP contribution in [-0.2, 0) is 19.6 Å². The molecule has 0 aliphatic rings. The van der Waals surface area contributed by atoms with Crippen LogP contribution in [0, 0.1) is 13.8 Å². The van der Waals surface area contributed by atoms with Crippen molar-refractivity contribution < 1.29 is 22.7 Å². The third-order valence-corrected chi connectivity index (χ3v) is 6.17. The molecule has 0 unspecified atom stereocenters. The van der Waals surface area contributed by atoms with Gasteiger partial charge in [0, 0.05) is 12.1 Å². The SMILES string of the molecule is Cc1ccc(C)c(C(=O)COC(=O)CCNS(=O)(=O)c2ccc3ccccc3c2)c1. The summed E-state index contributed by atoms with van der Waals surface area (Å²) in [6.45, 7) is 3.20. The van der Waals surface area contributed by atoms with Gasteiger partial charge in [0.15, 0.2) is 6.61 Å². The van der Waals surface area contributed by atoms with Crippen molar-refractivity contribution >= 4 is 32.5 Å². The number of ether oxygens (including phenoxy) is 1. The van der Waals surface area contributed by atoms with Crippen LogP contribution in [0.25, 0.3) is 10.8 Å². The first-order valence-electron chi connectivity index (χ1n) is 9.51. The van der Waals surface area contributed by atoms with E-state index >= 15 is 0 Å². The highest BCUT2D eigenvalue weighted by molar-refractivity contribution is 7.89. The number of carbonyl (C=O) groups is 2. The van der Waals surface area contributed by atoms with Crippen LogP contribution in [0.1, 0.15) is 27.9 Å². The minimum absolute atomic E-state index is 0.119. The van der Waals surface area contributed by atoms with Gasteiger partial charge >= 0.3 is 5.97 Å². The fraction of sp³-hybridized carbons (Fsp3) is 0.217. The Kier molecular flexibility index (Phi) is 6.64. The summed E-state index contributed by atoms with van der Waals surface area (Å²) in [4.78, 5) is 24.3. The van der Waals surface area contributed by atoms with Crippen molar-refractivity contribution in [1.29, 1.82) is 0 Å². The predicted molar refractivity (Wildman–Crippen MR) is 115 cm³/mol. The van der Waals surface area contributed by atoms with Gasteiger partial charge in [-0.05, 0) is 48.4 Å². The zero-order valence-corrected chi connectivity index (χ0v) is 17.7. The Morgan fingerprint density at radius 1 is 0.933 bits per heavy atom. The lowest BCUT2D eigenvalue weighted by Gasteiger charge is -2.09. The second-order valence-electron chi connectivity index (χ2n) is 7.06. The fourth-order valence-corrected chi connectivity index (χ4v) is 4.10. The summed E-state index contributed by atoms with van der Waals surface area (Å²) in [6.07, 6.45) is -0.174.